The smallest absolute Gasteiger partial charge is 0.325 e. The van der Waals surface area contributed by atoms with E-state index in [4.69, 9.17) is 4.74 Å². The number of esters is 1. The highest BCUT2D eigenvalue weighted by molar-refractivity contribution is 5.84. The molecular weight excluding hydrogens is 232 g/mol. The molecule has 5 heteroatoms. The highest BCUT2D eigenvalue weighted by atomic mass is 16.5. The topological polar surface area (TPSA) is 71.2 Å². The van der Waals surface area contributed by atoms with Crippen LogP contribution in [0.2, 0.25) is 0 Å². The molecule has 1 aromatic carbocycles. The standard InChI is InChI=1S/C13H14N2O3/c1-2-18-12(16)8-14-11-7-9-5-3-4-6-10(9)13(17)15-11/h3-7H,2,8H2,1H3,(H2,14,15,17). The minimum absolute atomic E-state index is 0.0299. The summed E-state index contributed by atoms with van der Waals surface area (Å²) >= 11 is 0. The second kappa shape index (κ2) is 5.35. The lowest BCUT2D eigenvalue weighted by atomic mass is 10.2. The van der Waals surface area contributed by atoms with Gasteiger partial charge in [-0.25, -0.2) is 0 Å². The van der Waals surface area contributed by atoms with Gasteiger partial charge in [-0.05, 0) is 24.4 Å². The van der Waals surface area contributed by atoms with Gasteiger partial charge in [0.1, 0.15) is 12.4 Å². The molecule has 2 N–H and O–H groups in total. The largest absolute Gasteiger partial charge is 0.465 e. The Kier molecular flexibility index (Phi) is 3.62. The fourth-order valence-electron chi connectivity index (χ4n) is 1.69. The number of aromatic nitrogens is 1. The molecule has 0 saturated heterocycles. The van der Waals surface area contributed by atoms with Crippen molar-refractivity contribution in [3.8, 4) is 0 Å². The molecule has 2 aromatic rings. The first-order valence-corrected chi connectivity index (χ1v) is 5.72. The fraction of sp³-hybridized carbons (Fsp3) is 0.231. The van der Waals surface area contributed by atoms with Crippen molar-refractivity contribution in [1.29, 1.82) is 0 Å². The number of carbonyl (C=O) groups is 1. The van der Waals surface area contributed by atoms with Crippen LogP contribution < -0.4 is 10.9 Å². The Labute approximate surface area is 104 Å². The van der Waals surface area contributed by atoms with E-state index in [0.717, 1.165) is 5.39 Å². The fourth-order valence-corrected chi connectivity index (χ4v) is 1.69. The molecule has 0 unspecified atom stereocenters. The Balaban J connectivity index is 2.20. The summed E-state index contributed by atoms with van der Waals surface area (Å²) in [6.45, 7) is 2.12. The third-order valence-corrected chi connectivity index (χ3v) is 2.48. The maximum atomic E-state index is 11.8. The van der Waals surface area contributed by atoms with Crippen molar-refractivity contribution in [2.45, 2.75) is 6.92 Å². The molecule has 0 spiro atoms. The Bertz CT molecular complexity index is 619. The average molecular weight is 246 g/mol. The highest BCUT2D eigenvalue weighted by Crippen LogP contribution is 2.12. The molecule has 2 rings (SSSR count). The molecule has 0 radical (unpaired) electrons. The number of H-pyrrole nitrogens is 1. The lowest BCUT2D eigenvalue weighted by Gasteiger charge is -2.06. The number of aromatic amines is 1. The summed E-state index contributed by atoms with van der Waals surface area (Å²) in [6.07, 6.45) is 0. The Morgan fingerprint density at radius 3 is 2.94 bits per heavy atom. The van der Waals surface area contributed by atoms with E-state index in [0.29, 0.717) is 17.8 Å². The lowest BCUT2D eigenvalue weighted by molar-refractivity contribution is -0.140. The molecule has 0 saturated carbocycles. The SMILES string of the molecule is CCOC(=O)CNc1cc2ccccc2c(=O)[nH]1. The molecule has 0 fully saturated rings. The van der Waals surface area contributed by atoms with Gasteiger partial charge in [-0.2, -0.15) is 0 Å². The Morgan fingerprint density at radius 2 is 2.17 bits per heavy atom. The number of nitrogens with one attached hydrogen (secondary N) is 2. The quantitative estimate of drug-likeness (QED) is 0.802. The van der Waals surface area contributed by atoms with Crippen LogP contribution >= 0.6 is 0 Å². The summed E-state index contributed by atoms with van der Waals surface area (Å²) in [5, 5.41) is 4.28. The molecule has 0 amide bonds. The summed E-state index contributed by atoms with van der Waals surface area (Å²) in [5.41, 5.74) is -0.181. The van der Waals surface area contributed by atoms with Gasteiger partial charge >= 0.3 is 5.97 Å². The number of benzene rings is 1. The lowest BCUT2D eigenvalue weighted by Crippen LogP contribution is -2.19. The van der Waals surface area contributed by atoms with Crippen LogP contribution in [0.3, 0.4) is 0 Å². The van der Waals surface area contributed by atoms with Crippen LogP contribution in [0.1, 0.15) is 6.92 Å². The predicted molar refractivity (Wildman–Crippen MR) is 69.7 cm³/mol. The van der Waals surface area contributed by atoms with Crippen LogP contribution in [0.15, 0.2) is 35.1 Å². The number of hydrogen-bond acceptors (Lipinski definition) is 4. The van der Waals surface area contributed by atoms with Gasteiger partial charge in [-0.1, -0.05) is 18.2 Å². The summed E-state index contributed by atoms with van der Waals surface area (Å²) in [7, 11) is 0. The molecule has 5 nitrogen and oxygen atoms in total. The van der Waals surface area contributed by atoms with Gasteiger partial charge < -0.3 is 15.0 Å². The maximum Gasteiger partial charge on any atom is 0.325 e. The van der Waals surface area contributed by atoms with E-state index in [9.17, 15) is 9.59 Å². The van der Waals surface area contributed by atoms with E-state index in [2.05, 4.69) is 10.3 Å². The van der Waals surface area contributed by atoms with Gasteiger partial charge in [-0.15, -0.1) is 0 Å². The first kappa shape index (κ1) is 12.2. The van der Waals surface area contributed by atoms with Crippen LogP contribution in [-0.4, -0.2) is 24.1 Å². The molecule has 0 aliphatic heterocycles. The minimum Gasteiger partial charge on any atom is -0.465 e. The zero-order valence-electron chi connectivity index (χ0n) is 10.0. The molecule has 1 aromatic heterocycles. The van der Waals surface area contributed by atoms with E-state index in [1.54, 1.807) is 19.1 Å². The Morgan fingerprint density at radius 1 is 1.39 bits per heavy atom. The third-order valence-electron chi connectivity index (χ3n) is 2.48. The van der Waals surface area contributed by atoms with Crippen molar-refractivity contribution in [2.75, 3.05) is 18.5 Å². The number of anilines is 1. The second-order valence-corrected chi connectivity index (χ2v) is 3.76. The van der Waals surface area contributed by atoms with E-state index >= 15 is 0 Å². The van der Waals surface area contributed by atoms with E-state index in [-0.39, 0.29) is 18.1 Å². The van der Waals surface area contributed by atoms with Gasteiger partial charge in [0.15, 0.2) is 0 Å². The maximum absolute atomic E-state index is 11.8. The third kappa shape index (κ3) is 2.68. The minimum atomic E-state index is -0.355. The average Bonchev–Trinajstić information content (AvgIpc) is 2.37. The molecule has 1 heterocycles. The number of ether oxygens (including phenoxy) is 1. The van der Waals surface area contributed by atoms with Crippen LogP contribution in [0.25, 0.3) is 10.8 Å². The summed E-state index contributed by atoms with van der Waals surface area (Å²) < 4.78 is 4.79. The van der Waals surface area contributed by atoms with Gasteiger partial charge in [-0.3, -0.25) is 9.59 Å². The summed E-state index contributed by atoms with van der Waals surface area (Å²) in [4.78, 5) is 25.6. The first-order valence-electron chi connectivity index (χ1n) is 5.72. The van der Waals surface area contributed by atoms with Crippen LogP contribution in [0, 0.1) is 0 Å². The Hall–Kier alpha value is -2.30. The summed E-state index contributed by atoms with van der Waals surface area (Å²) in [5.74, 6) is 0.151. The van der Waals surface area contributed by atoms with E-state index in [1.807, 2.05) is 18.2 Å². The molecular formula is C13H14N2O3. The van der Waals surface area contributed by atoms with Crippen LogP contribution in [-0.2, 0) is 9.53 Å². The zero-order valence-corrected chi connectivity index (χ0v) is 10.0. The van der Waals surface area contributed by atoms with E-state index < -0.39 is 0 Å². The molecule has 0 bridgehead atoms. The number of fused-ring (bicyclic) bond motifs is 1. The molecule has 0 aliphatic rings. The summed E-state index contributed by atoms with van der Waals surface area (Å²) in [6, 6.07) is 9.06. The van der Waals surface area contributed by atoms with E-state index in [1.165, 1.54) is 0 Å². The first-order chi connectivity index (χ1) is 8.70. The number of hydrogen-bond donors (Lipinski definition) is 2. The van der Waals surface area contributed by atoms with Crippen molar-refractivity contribution >= 4 is 22.6 Å². The number of rotatable bonds is 4. The normalized spacial score (nSPS) is 10.3. The van der Waals surface area contributed by atoms with Gasteiger partial charge in [0, 0.05) is 5.39 Å². The molecule has 18 heavy (non-hydrogen) atoms. The van der Waals surface area contributed by atoms with Crippen molar-refractivity contribution in [2.24, 2.45) is 0 Å². The number of pyridine rings is 1. The van der Waals surface area contributed by atoms with Gasteiger partial charge in [0.25, 0.3) is 5.56 Å². The highest BCUT2D eigenvalue weighted by Gasteiger charge is 2.04. The molecule has 0 aliphatic carbocycles. The van der Waals surface area contributed by atoms with Crippen molar-refractivity contribution in [3.05, 3.63) is 40.7 Å². The van der Waals surface area contributed by atoms with Gasteiger partial charge in [0.05, 0.1) is 6.61 Å². The van der Waals surface area contributed by atoms with Crippen molar-refractivity contribution in [3.63, 3.8) is 0 Å². The zero-order chi connectivity index (χ0) is 13.0. The number of carbonyl (C=O) groups excluding carboxylic acids is 1. The monoisotopic (exact) mass is 246 g/mol. The van der Waals surface area contributed by atoms with Crippen molar-refractivity contribution < 1.29 is 9.53 Å². The van der Waals surface area contributed by atoms with Gasteiger partial charge in [0.2, 0.25) is 0 Å². The van der Waals surface area contributed by atoms with Crippen LogP contribution in [0.5, 0.6) is 0 Å². The molecule has 94 valence electrons. The van der Waals surface area contributed by atoms with Crippen molar-refractivity contribution in [1.82, 2.24) is 4.98 Å². The predicted octanol–water partition coefficient (Wildman–Crippen LogP) is 1.50. The van der Waals surface area contributed by atoms with Crippen LogP contribution in [0.4, 0.5) is 5.82 Å². The second-order valence-electron chi connectivity index (χ2n) is 3.76. The molecule has 0 atom stereocenters.